The zero-order chi connectivity index (χ0) is 6.62. The van der Waals surface area contributed by atoms with Crippen LogP contribution in [0.4, 0.5) is 0 Å². The van der Waals surface area contributed by atoms with Crippen molar-refractivity contribution in [1.29, 1.82) is 0 Å². The molecule has 0 heterocycles. The molecule has 30 valence electrons. The lowest BCUT2D eigenvalue weighted by molar-refractivity contribution is -0.110. The molecule has 0 aromatic rings. The molecular weight excluding hydrogens is 68.0 g/mol. The molecule has 0 aliphatic carbocycles. The van der Waals surface area contributed by atoms with Crippen LogP contribution >= 0.6 is 0 Å². The van der Waals surface area contributed by atoms with E-state index < -0.39 is 7.04 Å². The summed E-state index contributed by atoms with van der Waals surface area (Å²) in [6, 6.07) is 0. The molecular formula is C3H6O2. The molecule has 0 aromatic heterocycles. The van der Waals surface area contributed by atoms with Gasteiger partial charge in [-0.3, -0.25) is 0 Å². The number of aldehydes is 1. The second-order valence-electron chi connectivity index (χ2n) is 0.478. The van der Waals surface area contributed by atoms with Crippen molar-refractivity contribution in [3.63, 3.8) is 0 Å². The molecule has 0 unspecified atom stereocenters. The van der Waals surface area contributed by atoms with E-state index in [1.54, 1.807) is 0 Å². The standard InChI is InChI=1S/C3H6O2/c1-5-3-2-4/h2H,3H2,1H3/i1D3. The van der Waals surface area contributed by atoms with Crippen LogP contribution in [0.2, 0.25) is 0 Å². The van der Waals surface area contributed by atoms with Crippen LogP contribution in [0.5, 0.6) is 0 Å². The molecule has 0 saturated heterocycles. The number of carbonyl (C=O) groups is 1. The second kappa shape index (κ2) is 3.63. The third kappa shape index (κ3) is 3.63. The lowest BCUT2D eigenvalue weighted by Crippen LogP contribution is -1.84. The van der Waals surface area contributed by atoms with Gasteiger partial charge in [-0.1, -0.05) is 0 Å². The Morgan fingerprint density at radius 3 is 3.40 bits per heavy atom. The maximum atomic E-state index is 9.48. The van der Waals surface area contributed by atoms with Gasteiger partial charge in [0.2, 0.25) is 0 Å². The summed E-state index contributed by atoms with van der Waals surface area (Å²) in [5.41, 5.74) is 0. The third-order valence-electron chi connectivity index (χ3n) is 0.151. The van der Waals surface area contributed by atoms with Gasteiger partial charge in [0.15, 0.2) is 0 Å². The monoisotopic (exact) mass is 77.1 g/mol. The fourth-order valence-corrected chi connectivity index (χ4v) is 0.0340. The van der Waals surface area contributed by atoms with Crippen LogP contribution in [0.3, 0.4) is 0 Å². The van der Waals surface area contributed by atoms with Gasteiger partial charge in [0, 0.05) is 7.04 Å². The van der Waals surface area contributed by atoms with Crippen molar-refractivity contribution in [2.24, 2.45) is 0 Å². The van der Waals surface area contributed by atoms with Crippen LogP contribution in [0.1, 0.15) is 4.11 Å². The number of rotatable bonds is 2. The maximum absolute atomic E-state index is 9.48. The van der Waals surface area contributed by atoms with Crippen LogP contribution in [-0.4, -0.2) is 19.9 Å². The van der Waals surface area contributed by atoms with E-state index in [-0.39, 0.29) is 6.61 Å². The number of ether oxygens (including phenoxy) is 1. The van der Waals surface area contributed by atoms with Gasteiger partial charge in [0.25, 0.3) is 0 Å². The predicted molar refractivity (Wildman–Crippen MR) is 17.9 cm³/mol. The smallest absolute Gasteiger partial charge is 0.145 e. The molecule has 0 aliphatic heterocycles. The van der Waals surface area contributed by atoms with Crippen molar-refractivity contribution in [2.45, 2.75) is 0 Å². The van der Waals surface area contributed by atoms with Crippen LogP contribution < -0.4 is 0 Å². The van der Waals surface area contributed by atoms with E-state index in [9.17, 15) is 4.79 Å². The van der Waals surface area contributed by atoms with Crippen LogP contribution in [0, 0.1) is 0 Å². The molecule has 0 saturated carbocycles. The Morgan fingerprint density at radius 2 is 3.20 bits per heavy atom. The van der Waals surface area contributed by atoms with Crippen molar-refractivity contribution in [1.82, 2.24) is 0 Å². The van der Waals surface area contributed by atoms with E-state index >= 15 is 0 Å². The average molecular weight is 77.1 g/mol. The highest BCUT2D eigenvalue weighted by atomic mass is 16.5. The quantitative estimate of drug-likeness (QED) is 0.428. The van der Waals surface area contributed by atoms with Crippen molar-refractivity contribution in [3.8, 4) is 0 Å². The van der Waals surface area contributed by atoms with E-state index in [1.807, 2.05) is 0 Å². The Morgan fingerprint density at radius 1 is 2.40 bits per heavy atom. The molecule has 5 heavy (non-hydrogen) atoms. The molecule has 0 atom stereocenters. The van der Waals surface area contributed by atoms with Gasteiger partial charge in [-0.2, -0.15) is 0 Å². The van der Waals surface area contributed by atoms with E-state index in [2.05, 4.69) is 4.74 Å². The number of hydrogen-bond acceptors (Lipinski definition) is 2. The zero-order valence-electron chi connectivity index (χ0n) is 5.60. The molecule has 0 bridgehead atoms. The highest BCUT2D eigenvalue weighted by molar-refractivity contribution is 5.50. The van der Waals surface area contributed by atoms with E-state index in [1.165, 1.54) is 0 Å². The van der Waals surface area contributed by atoms with Gasteiger partial charge in [0.05, 0.1) is 4.11 Å². The Labute approximate surface area is 35.0 Å². The van der Waals surface area contributed by atoms with E-state index in [4.69, 9.17) is 4.11 Å². The minimum absolute atomic E-state index is 0.365. The lowest BCUT2D eigenvalue weighted by atomic mass is 10.8. The second-order valence-corrected chi connectivity index (χ2v) is 0.478. The molecule has 0 fully saturated rings. The molecule has 2 nitrogen and oxygen atoms in total. The van der Waals surface area contributed by atoms with Crippen LogP contribution in [-0.2, 0) is 9.53 Å². The SMILES string of the molecule is [2H]C([2H])([2H])OCC=O. The average Bonchev–Trinajstić information content (AvgIpc) is 1.59. The zero-order valence-corrected chi connectivity index (χ0v) is 2.60. The summed E-state index contributed by atoms with van der Waals surface area (Å²) in [6.45, 7) is -0.365. The van der Waals surface area contributed by atoms with Crippen molar-refractivity contribution >= 4 is 6.29 Å². The predicted octanol–water partition coefficient (Wildman–Crippen LogP) is -0.168. The minimum atomic E-state index is -2.43. The topological polar surface area (TPSA) is 26.3 Å². The molecule has 0 aromatic carbocycles. The first kappa shape index (κ1) is 1.39. The number of carbonyl (C=O) groups excluding carboxylic acids is 1. The highest BCUT2D eigenvalue weighted by Gasteiger charge is 1.64. The third-order valence-corrected chi connectivity index (χ3v) is 0.151. The Balaban J connectivity index is 3.24. The van der Waals surface area contributed by atoms with Gasteiger partial charge >= 0.3 is 0 Å². The van der Waals surface area contributed by atoms with E-state index in [0.717, 1.165) is 0 Å². The summed E-state index contributed by atoms with van der Waals surface area (Å²) in [7, 11) is -2.43. The fraction of sp³-hybridized carbons (Fsp3) is 0.667. The Bertz CT molecular complexity index is 77.1. The van der Waals surface area contributed by atoms with Gasteiger partial charge in [-0.05, 0) is 0 Å². The van der Waals surface area contributed by atoms with Gasteiger partial charge in [0.1, 0.15) is 12.9 Å². The minimum Gasteiger partial charge on any atom is -0.377 e. The van der Waals surface area contributed by atoms with Gasteiger partial charge < -0.3 is 9.53 Å². The fourth-order valence-electron chi connectivity index (χ4n) is 0.0340. The largest absolute Gasteiger partial charge is 0.377 e. The molecule has 0 amide bonds. The molecule has 0 N–H and O–H groups in total. The Kier molecular flexibility index (Phi) is 1.01. The summed E-state index contributed by atoms with van der Waals surface area (Å²) in [4.78, 5) is 9.48. The summed E-state index contributed by atoms with van der Waals surface area (Å²) in [5.74, 6) is 0. The van der Waals surface area contributed by atoms with Crippen molar-refractivity contribution in [2.75, 3.05) is 13.6 Å². The molecule has 2 heteroatoms. The summed E-state index contributed by atoms with van der Waals surface area (Å²) in [5, 5.41) is 0. The maximum Gasteiger partial charge on any atom is 0.145 e. The molecule has 0 rings (SSSR count). The normalized spacial score (nSPS) is 18.8. The van der Waals surface area contributed by atoms with Gasteiger partial charge in [-0.25, -0.2) is 0 Å². The first-order valence-electron chi connectivity index (χ1n) is 2.64. The first-order valence-corrected chi connectivity index (χ1v) is 1.14. The Hall–Kier alpha value is -0.370. The van der Waals surface area contributed by atoms with Crippen LogP contribution in [0.15, 0.2) is 0 Å². The van der Waals surface area contributed by atoms with Crippen molar-refractivity contribution in [3.05, 3.63) is 0 Å². The van der Waals surface area contributed by atoms with E-state index in [0.29, 0.717) is 6.29 Å². The lowest BCUT2D eigenvalue weighted by Gasteiger charge is -1.76. The van der Waals surface area contributed by atoms with Gasteiger partial charge in [-0.15, -0.1) is 0 Å². The first-order chi connectivity index (χ1) is 3.56. The summed E-state index contributed by atoms with van der Waals surface area (Å²) < 4.78 is 23.2. The van der Waals surface area contributed by atoms with Crippen LogP contribution in [0.25, 0.3) is 0 Å². The number of methoxy groups -OCH3 is 1. The summed E-state index contributed by atoms with van der Waals surface area (Å²) >= 11 is 0. The molecule has 0 spiro atoms. The molecule has 0 aliphatic rings. The summed E-state index contributed by atoms with van der Waals surface area (Å²) in [6.07, 6.45) is 0.395. The number of hydrogen-bond donors (Lipinski definition) is 0. The van der Waals surface area contributed by atoms with Crippen molar-refractivity contribution < 1.29 is 13.6 Å². The highest BCUT2D eigenvalue weighted by Crippen LogP contribution is 1.50. The molecule has 0 radical (unpaired) electrons.